The van der Waals surface area contributed by atoms with Gasteiger partial charge in [0.15, 0.2) is 0 Å². The summed E-state index contributed by atoms with van der Waals surface area (Å²) in [6.07, 6.45) is 11.4. The number of piperidine rings is 4. The number of benzene rings is 3. The molecule has 1 amide bonds. The highest BCUT2D eigenvalue weighted by Gasteiger charge is 2.51. The molecule has 4 fully saturated rings. The normalized spacial score (nSPS) is 25.4. The third-order valence-corrected chi connectivity index (χ3v) is 11.2. The Morgan fingerprint density at radius 3 is 2.46 bits per heavy atom. The largest absolute Gasteiger partial charge is 0.497 e. The first-order chi connectivity index (χ1) is 22.5. The third kappa shape index (κ3) is 5.51. The van der Waals surface area contributed by atoms with Crippen LogP contribution in [0.15, 0.2) is 78.5 Å². The van der Waals surface area contributed by atoms with E-state index in [4.69, 9.17) is 9.47 Å². The molecule has 0 N–H and O–H groups in total. The summed E-state index contributed by atoms with van der Waals surface area (Å²) in [6.45, 7) is 6.82. The fraction of sp³-hybridized carbons (Fsp3) is 0.425. The van der Waals surface area contributed by atoms with Crippen LogP contribution in [0.1, 0.15) is 60.8 Å². The van der Waals surface area contributed by atoms with E-state index in [0.29, 0.717) is 30.5 Å². The van der Waals surface area contributed by atoms with Gasteiger partial charge in [-0.3, -0.25) is 9.69 Å². The van der Waals surface area contributed by atoms with E-state index < -0.39 is 0 Å². The fourth-order valence-electron chi connectivity index (χ4n) is 8.93. The quantitative estimate of drug-likeness (QED) is 0.203. The van der Waals surface area contributed by atoms with Crippen molar-refractivity contribution in [3.05, 3.63) is 101 Å². The van der Waals surface area contributed by atoms with Crippen LogP contribution in [0.2, 0.25) is 0 Å². The first kappa shape index (κ1) is 29.4. The van der Waals surface area contributed by atoms with Crippen LogP contribution < -0.4 is 9.47 Å². The zero-order chi connectivity index (χ0) is 31.2. The van der Waals surface area contributed by atoms with Crippen molar-refractivity contribution in [2.45, 2.75) is 70.7 Å². The van der Waals surface area contributed by atoms with Crippen molar-refractivity contribution >= 4 is 22.9 Å². The van der Waals surface area contributed by atoms with Gasteiger partial charge in [0.05, 0.1) is 7.11 Å². The number of carbonyl (C=O) groups is 1. The second-order valence-electron chi connectivity index (χ2n) is 14.0. The third-order valence-electron chi connectivity index (χ3n) is 11.2. The molecule has 0 spiro atoms. The average molecular weight is 616 g/mol. The van der Waals surface area contributed by atoms with Crippen LogP contribution in [0, 0.1) is 18.8 Å². The molecule has 0 aliphatic carbocycles. The van der Waals surface area contributed by atoms with Crippen LogP contribution in [0.5, 0.6) is 11.5 Å². The number of aromatic nitrogens is 1. The minimum absolute atomic E-state index is 0.266. The number of amides is 1. The number of methoxy groups -OCH3 is 1. The van der Waals surface area contributed by atoms with E-state index >= 15 is 0 Å². The van der Waals surface area contributed by atoms with Crippen LogP contribution in [0.4, 0.5) is 0 Å². The topological polar surface area (TPSA) is 46.9 Å². The molecule has 4 aromatic rings. The van der Waals surface area contributed by atoms with E-state index in [0.717, 1.165) is 65.0 Å². The molecule has 6 heteroatoms. The fourth-order valence-corrected chi connectivity index (χ4v) is 8.93. The number of ether oxygens (including phenoxy) is 2. The van der Waals surface area contributed by atoms with E-state index in [-0.39, 0.29) is 5.91 Å². The Balaban J connectivity index is 1.03. The lowest BCUT2D eigenvalue weighted by atomic mass is 9.67. The molecule has 8 rings (SSSR count). The number of hydrogen-bond donors (Lipinski definition) is 0. The Morgan fingerprint density at radius 1 is 0.891 bits per heavy atom. The second-order valence-corrected chi connectivity index (χ2v) is 14.0. The smallest absolute Gasteiger partial charge is 0.250 e. The SMILES string of the molecule is COc1ccc2c(c1)c(/C=C1\CC[C@@H]3[C@H]4CCCN5CCC[C@H](CN3C1=O)[C@@H]45)cn2Cc1ccc(OCc2ccc(C)cc2)cc1. The van der Waals surface area contributed by atoms with Gasteiger partial charge in [-0.15, -0.1) is 0 Å². The summed E-state index contributed by atoms with van der Waals surface area (Å²) in [5.74, 6) is 3.23. The molecule has 238 valence electrons. The van der Waals surface area contributed by atoms with Crippen molar-refractivity contribution in [3.63, 3.8) is 0 Å². The molecule has 0 unspecified atom stereocenters. The highest BCUT2D eigenvalue weighted by atomic mass is 16.5. The lowest BCUT2D eigenvalue weighted by Crippen LogP contribution is -2.66. The monoisotopic (exact) mass is 615 g/mol. The molecule has 4 saturated heterocycles. The molecule has 46 heavy (non-hydrogen) atoms. The van der Waals surface area contributed by atoms with Gasteiger partial charge < -0.3 is 18.9 Å². The molecule has 4 atom stereocenters. The molecule has 5 heterocycles. The number of nitrogens with zero attached hydrogens (tertiary/aromatic N) is 3. The van der Waals surface area contributed by atoms with Gasteiger partial charge >= 0.3 is 0 Å². The zero-order valence-electron chi connectivity index (χ0n) is 27.2. The van der Waals surface area contributed by atoms with Gasteiger partial charge in [0.2, 0.25) is 5.91 Å². The lowest BCUT2D eigenvalue weighted by molar-refractivity contribution is -0.145. The highest BCUT2D eigenvalue weighted by molar-refractivity contribution is 6.02. The predicted octanol–water partition coefficient (Wildman–Crippen LogP) is 7.46. The van der Waals surface area contributed by atoms with Gasteiger partial charge in [-0.1, -0.05) is 42.0 Å². The van der Waals surface area contributed by atoms with Gasteiger partial charge in [-0.25, -0.2) is 0 Å². The number of rotatable bonds is 7. The molecule has 4 aliphatic heterocycles. The number of carbonyl (C=O) groups excluding carboxylic acids is 1. The first-order valence-corrected chi connectivity index (χ1v) is 17.2. The van der Waals surface area contributed by atoms with Crippen LogP contribution in [-0.2, 0) is 17.9 Å². The van der Waals surface area contributed by atoms with Gasteiger partial charge in [-0.05, 0) is 118 Å². The van der Waals surface area contributed by atoms with Crippen molar-refractivity contribution in [2.75, 3.05) is 26.7 Å². The van der Waals surface area contributed by atoms with Crippen LogP contribution in [0.25, 0.3) is 17.0 Å². The predicted molar refractivity (Wildman–Crippen MR) is 183 cm³/mol. The van der Waals surface area contributed by atoms with E-state index in [1.807, 2.05) is 6.07 Å². The second kappa shape index (κ2) is 12.3. The molecule has 3 aromatic carbocycles. The molecule has 6 nitrogen and oxygen atoms in total. The summed E-state index contributed by atoms with van der Waals surface area (Å²) in [4.78, 5) is 19.2. The summed E-state index contributed by atoms with van der Waals surface area (Å²) in [5, 5.41) is 1.12. The summed E-state index contributed by atoms with van der Waals surface area (Å²) < 4.78 is 14.0. The Bertz CT molecular complexity index is 1750. The molecular weight excluding hydrogens is 570 g/mol. The van der Waals surface area contributed by atoms with Gasteiger partial charge in [-0.2, -0.15) is 0 Å². The maximum absolute atomic E-state index is 14.1. The maximum atomic E-state index is 14.1. The van der Waals surface area contributed by atoms with Gasteiger partial charge in [0.25, 0.3) is 0 Å². The summed E-state index contributed by atoms with van der Waals surface area (Å²) in [7, 11) is 1.71. The van der Waals surface area contributed by atoms with E-state index in [9.17, 15) is 4.79 Å². The molecule has 4 aliphatic rings. The number of hydrogen-bond acceptors (Lipinski definition) is 4. The highest BCUT2D eigenvalue weighted by Crippen LogP contribution is 2.45. The Kier molecular flexibility index (Phi) is 7.85. The zero-order valence-corrected chi connectivity index (χ0v) is 27.2. The first-order valence-electron chi connectivity index (χ1n) is 17.2. The number of fused-ring (bicyclic) bond motifs is 3. The molecule has 1 aromatic heterocycles. The number of aryl methyl sites for hydroxylation is 1. The summed E-state index contributed by atoms with van der Waals surface area (Å²) in [5.41, 5.74) is 6.79. The minimum atomic E-state index is 0.266. The van der Waals surface area contributed by atoms with Gasteiger partial charge in [0.1, 0.15) is 18.1 Å². The van der Waals surface area contributed by atoms with Crippen LogP contribution in [0.3, 0.4) is 0 Å². The maximum Gasteiger partial charge on any atom is 0.250 e. The van der Waals surface area contributed by atoms with Crippen LogP contribution in [-0.4, -0.2) is 59.1 Å². The Hall–Kier alpha value is -4.03. The van der Waals surface area contributed by atoms with Crippen molar-refractivity contribution < 1.29 is 14.3 Å². The summed E-state index contributed by atoms with van der Waals surface area (Å²) in [6, 6.07) is 24.2. The van der Waals surface area contributed by atoms with Crippen molar-refractivity contribution in [1.82, 2.24) is 14.4 Å². The molecule has 0 saturated carbocycles. The minimum Gasteiger partial charge on any atom is -0.497 e. The lowest BCUT2D eigenvalue weighted by Gasteiger charge is -2.58. The molecule has 0 radical (unpaired) electrons. The van der Waals surface area contributed by atoms with E-state index in [1.54, 1.807) is 7.11 Å². The van der Waals surface area contributed by atoms with E-state index in [1.165, 1.54) is 49.9 Å². The standard InChI is InChI=1S/C40H45N3O3/c1-27-7-9-29(10-8-27)26-46-33-14-11-28(12-15-33)23-42-24-32(36-22-34(45-2)16-18-37(36)42)21-30-13-17-38-35-6-4-20-41-19-3-5-31(39(35)41)25-43(38)40(30)44/h7-12,14-16,18,21-22,24,31,35,38-39H,3-6,13,17,19-20,23,25-26H2,1-2H3/b30-21+/t31-,35-,38-,39+/m1/s1. The Labute approximate surface area is 272 Å². The summed E-state index contributed by atoms with van der Waals surface area (Å²) >= 11 is 0. The van der Waals surface area contributed by atoms with Gasteiger partial charge in [0, 0.05) is 53.4 Å². The van der Waals surface area contributed by atoms with Crippen LogP contribution >= 0.6 is 0 Å². The molecule has 0 bridgehead atoms. The van der Waals surface area contributed by atoms with Crippen molar-refractivity contribution in [1.29, 1.82) is 0 Å². The average Bonchev–Trinajstić information content (AvgIpc) is 3.42. The molecular formula is C40H45N3O3. The van der Waals surface area contributed by atoms with Crippen molar-refractivity contribution in [2.24, 2.45) is 11.8 Å². The van der Waals surface area contributed by atoms with E-state index in [2.05, 4.69) is 94.2 Å². The van der Waals surface area contributed by atoms with Crippen molar-refractivity contribution in [3.8, 4) is 11.5 Å². The Morgan fingerprint density at radius 2 is 1.65 bits per heavy atom.